The van der Waals surface area contributed by atoms with Gasteiger partial charge >= 0.3 is 0 Å². The molecule has 0 saturated heterocycles. The van der Waals surface area contributed by atoms with Crippen molar-refractivity contribution in [3.63, 3.8) is 0 Å². The van der Waals surface area contributed by atoms with Crippen molar-refractivity contribution >= 4 is 36.2 Å². The van der Waals surface area contributed by atoms with E-state index in [1.54, 1.807) is 0 Å². The molecular formula is C9H14Cl2N2. The van der Waals surface area contributed by atoms with Gasteiger partial charge in [0, 0.05) is 30.5 Å². The number of nitrogen functional groups attached to an aromatic ring is 1. The molecule has 4 heteroatoms. The number of likely N-dealkylation sites (N-methyl/N-ethyl adjacent to an activating group) is 1. The van der Waals surface area contributed by atoms with E-state index in [1.165, 1.54) is 11.3 Å². The van der Waals surface area contributed by atoms with E-state index < -0.39 is 0 Å². The third-order valence-corrected chi connectivity index (χ3v) is 2.30. The first-order chi connectivity index (χ1) is 5.29. The lowest BCUT2D eigenvalue weighted by Crippen LogP contribution is -2.12. The molecule has 0 radical (unpaired) electrons. The Hall–Kier alpha value is -0.600. The van der Waals surface area contributed by atoms with Crippen LogP contribution in [0.1, 0.15) is 5.56 Å². The lowest BCUT2D eigenvalue weighted by molar-refractivity contribution is 0.956. The molecule has 1 aliphatic heterocycles. The fourth-order valence-corrected chi connectivity index (χ4v) is 1.62. The van der Waals surface area contributed by atoms with Crippen LogP contribution in [0.25, 0.3) is 0 Å². The minimum Gasteiger partial charge on any atom is -0.398 e. The summed E-state index contributed by atoms with van der Waals surface area (Å²) in [5.41, 5.74) is 9.36. The van der Waals surface area contributed by atoms with Crippen LogP contribution in [0, 0.1) is 0 Å². The van der Waals surface area contributed by atoms with Crippen molar-refractivity contribution in [1.29, 1.82) is 0 Å². The molecule has 2 nitrogen and oxygen atoms in total. The highest BCUT2D eigenvalue weighted by molar-refractivity contribution is 5.85. The molecule has 1 aromatic carbocycles. The van der Waals surface area contributed by atoms with Crippen molar-refractivity contribution in [1.82, 2.24) is 0 Å². The average Bonchev–Trinajstić information content (AvgIpc) is 2.35. The van der Waals surface area contributed by atoms with Crippen LogP contribution in [-0.4, -0.2) is 13.6 Å². The summed E-state index contributed by atoms with van der Waals surface area (Å²) in [6, 6.07) is 6.10. The van der Waals surface area contributed by atoms with Gasteiger partial charge in [0.1, 0.15) is 0 Å². The maximum atomic E-state index is 5.81. The SMILES string of the molecule is CN1CCc2c(N)cccc21.Cl.Cl. The Bertz CT molecular complexity index is 289. The highest BCUT2D eigenvalue weighted by Crippen LogP contribution is 2.30. The van der Waals surface area contributed by atoms with Gasteiger partial charge in [-0.3, -0.25) is 0 Å². The maximum absolute atomic E-state index is 5.81. The Morgan fingerprint density at radius 2 is 2.00 bits per heavy atom. The molecule has 0 atom stereocenters. The quantitative estimate of drug-likeness (QED) is 0.680. The molecule has 74 valence electrons. The fraction of sp³-hybridized carbons (Fsp3) is 0.333. The molecule has 0 bridgehead atoms. The van der Waals surface area contributed by atoms with Crippen LogP contribution in [0.15, 0.2) is 18.2 Å². The fourth-order valence-electron chi connectivity index (χ4n) is 1.62. The standard InChI is InChI=1S/C9H12N2.2ClH/c1-11-6-5-7-8(10)3-2-4-9(7)11;;/h2-4H,5-6,10H2,1H3;2*1H. The summed E-state index contributed by atoms with van der Waals surface area (Å²) in [4.78, 5) is 2.24. The lowest BCUT2D eigenvalue weighted by Gasteiger charge is -2.11. The number of rotatable bonds is 0. The summed E-state index contributed by atoms with van der Waals surface area (Å²) in [6.45, 7) is 1.10. The Morgan fingerprint density at radius 1 is 1.31 bits per heavy atom. The predicted octanol–water partition coefficient (Wildman–Crippen LogP) is 2.10. The van der Waals surface area contributed by atoms with Crippen molar-refractivity contribution < 1.29 is 0 Å². The molecule has 0 saturated carbocycles. The molecule has 13 heavy (non-hydrogen) atoms. The van der Waals surface area contributed by atoms with E-state index in [-0.39, 0.29) is 24.8 Å². The van der Waals surface area contributed by atoms with Crippen molar-refractivity contribution in [3.8, 4) is 0 Å². The molecule has 0 aliphatic carbocycles. The number of benzene rings is 1. The largest absolute Gasteiger partial charge is 0.398 e. The minimum atomic E-state index is 0. The molecule has 0 unspecified atom stereocenters. The van der Waals surface area contributed by atoms with Crippen molar-refractivity contribution in [2.75, 3.05) is 24.2 Å². The number of fused-ring (bicyclic) bond motifs is 1. The zero-order valence-corrected chi connectivity index (χ0v) is 9.12. The number of nitrogens with zero attached hydrogens (tertiary/aromatic N) is 1. The number of nitrogens with two attached hydrogens (primary N) is 1. The average molecular weight is 221 g/mol. The van der Waals surface area contributed by atoms with Gasteiger partial charge in [0.15, 0.2) is 0 Å². The zero-order chi connectivity index (χ0) is 7.84. The van der Waals surface area contributed by atoms with Crippen LogP contribution in [0.3, 0.4) is 0 Å². The number of hydrogen-bond donors (Lipinski definition) is 1. The molecule has 2 N–H and O–H groups in total. The highest BCUT2D eigenvalue weighted by Gasteiger charge is 2.16. The Morgan fingerprint density at radius 3 is 2.62 bits per heavy atom. The predicted molar refractivity (Wildman–Crippen MR) is 62.3 cm³/mol. The summed E-state index contributed by atoms with van der Waals surface area (Å²) in [5.74, 6) is 0. The summed E-state index contributed by atoms with van der Waals surface area (Å²) in [6.07, 6.45) is 1.10. The smallest absolute Gasteiger partial charge is 0.0417 e. The van der Waals surface area contributed by atoms with Crippen LogP contribution < -0.4 is 10.6 Å². The molecule has 0 aromatic heterocycles. The van der Waals surface area contributed by atoms with E-state index in [2.05, 4.69) is 18.0 Å². The molecule has 0 fully saturated rings. The molecular weight excluding hydrogens is 207 g/mol. The van der Waals surface area contributed by atoms with Crippen molar-refractivity contribution in [3.05, 3.63) is 23.8 Å². The Labute approximate surface area is 90.9 Å². The Kier molecular flexibility index (Phi) is 4.37. The second-order valence-electron chi connectivity index (χ2n) is 3.02. The van der Waals surface area contributed by atoms with E-state index in [1.807, 2.05) is 12.1 Å². The van der Waals surface area contributed by atoms with E-state index in [4.69, 9.17) is 5.73 Å². The summed E-state index contributed by atoms with van der Waals surface area (Å²) < 4.78 is 0. The van der Waals surface area contributed by atoms with Gasteiger partial charge in [-0.15, -0.1) is 24.8 Å². The van der Waals surface area contributed by atoms with E-state index in [0.717, 1.165) is 18.7 Å². The first-order valence-corrected chi connectivity index (χ1v) is 3.87. The number of hydrogen-bond acceptors (Lipinski definition) is 2. The molecule has 1 aromatic rings. The molecule has 0 spiro atoms. The van der Waals surface area contributed by atoms with Crippen LogP contribution in [0.2, 0.25) is 0 Å². The minimum absolute atomic E-state index is 0. The first-order valence-electron chi connectivity index (χ1n) is 3.87. The van der Waals surface area contributed by atoms with E-state index in [0.29, 0.717) is 0 Å². The monoisotopic (exact) mass is 220 g/mol. The third-order valence-electron chi connectivity index (χ3n) is 2.30. The van der Waals surface area contributed by atoms with Crippen molar-refractivity contribution in [2.24, 2.45) is 0 Å². The maximum Gasteiger partial charge on any atom is 0.0417 e. The van der Waals surface area contributed by atoms with Gasteiger partial charge in [0.05, 0.1) is 0 Å². The van der Waals surface area contributed by atoms with Gasteiger partial charge in [-0.25, -0.2) is 0 Å². The first kappa shape index (κ1) is 12.4. The number of halogens is 2. The normalized spacial score (nSPS) is 12.8. The van der Waals surface area contributed by atoms with Gasteiger partial charge in [0.2, 0.25) is 0 Å². The number of anilines is 2. The van der Waals surface area contributed by atoms with E-state index in [9.17, 15) is 0 Å². The zero-order valence-electron chi connectivity index (χ0n) is 7.49. The topological polar surface area (TPSA) is 29.3 Å². The van der Waals surface area contributed by atoms with Gasteiger partial charge in [-0.2, -0.15) is 0 Å². The summed E-state index contributed by atoms with van der Waals surface area (Å²) in [5, 5.41) is 0. The third kappa shape index (κ3) is 2.01. The van der Waals surface area contributed by atoms with E-state index >= 15 is 0 Å². The van der Waals surface area contributed by atoms with Gasteiger partial charge in [0.25, 0.3) is 0 Å². The summed E-state index contributed by atoms with van der Waals surface area (Å²) in [7, 11) is 2.10. The summed E-state index contributed by atoms with van der Waals surface area (Å²) >= 11 is 0. The lowest BCUT2D eigenvalue weighted by atomic mass is 10.1. The molecule has 2 rings (SSSR count). The second kappa shape index (κ2) is 4.58. The van der Waals surface area contributed by atoms with Gasteiger partial charge in [-0.1, -0.05) is 6.07 Å². The van der Waals surface area contributed by atoms with Crippen LogP contribution in [0.4, 0.5) is 11.4 Å². The van der Waals surface area contributed by atoms with Crippen LogP contribution >= 0.6 is 24.8 Å². The van der Waals surface area contributed by atoms with Crippen molar-refractivity contribution in [2.45, 2.75) is 6.42 Å². The second-order valence-corrected chi connectivity index (χ2v) is 3.02. The van der Waals surface area contributed by atoms with Crippen LogP contribution in [-0.2, 0) is 6.42 Å². The highest BCUT2D eigenvalue weighted by atomic mass is 35.5. The van der Waals surface area contributed by atoms with Gasteiger partial charge < -0.3 is 10.6 Å². The Balaban J connectivity index is 0.000000720. The van der Waals surface area contributed by atoms with Crippen LogP contribution in [0.5, 0.6) is 0 Å². The van der Waals surface area contributed by atoms with Gasteiger partial charge in [-0.05, 0) is 18.6 Å². The molecule has 1 heterocycles. The molecule has 0 amide bonds. The molecule has 1 aliphatic rings.